The van der Waals surface area contributed by atoms with Gasteiger partial charge in [-0.3, -0.25) is 0 Å². The van der Waals surface area contributed by atoms with Crippen LogP contribution in [0.2, 0.25) is 0 Å². The van der Waals surface area contributed by atoms with Crippen LogP contribution in [-0.4, -0.2) is 23.6 Å². The van der Waals surface area contributed by atoms with Crippen molar-refractivity contribution in [3.8, 4) is 0 Å². The predicted octanol–water partition coefficient (Wildman–Crippen LogP) is 1.39. The number of oxime groups is 1. The van der Waals surface area contributed by atoms with E-state index in [1.807, 2.05) is 6.92 Å². The summed E-state index contributed by atoms with van der Waals surface area (Å²) in [6, 6.07) is 0.476. The zero-order chi connectivity index (χ0) is 11.1. The Kier molecular flexibility index (Phi) is 6.28. The summed E-state index contributed by atoms with van der Waals surface area (Å²) in [5.41, 5.74) is 5.46. The largest absolute Gasteiger partial charge is 0.409 e. The fourth-order valence-electron chi connectivity index (χ4n) is 1.37. The first-order chi connectivity index (χ1) is 6.47. The lowest BCUT2D eigenvalue weighted by molar-refractivity contribution is 0.313. The molecule has 0 bridgehead atoms. The van der Waals surface area contributed by atoms with Gasteiger partial charge in [-0.25, -0.2) is 0 Å². The Morgan fingerprint density at radius 3 is 2.36 bits per heavy atom. The van der Waals surface area contributed by atoms with Crippen LogP contribution >= 0.6 is 0 Å². The lowest BCUT2D eigenvalue weighted by Crippen LogP contribution is -2.36. The summed E-state index contributed by atoms with van der Waals surface area (Å²) < 4.78 is 0. The molecule has 0 rings (SSSR count). The molecular formula is C10H23N3O. The van der Waals surface area contributed by atoms with E-state index in [4.69, 9.17) is 10.9 Å². The second-order valence-corrected chi connectivity index (χ2v) is 4.36. The molecular weight excluding hydrogens is 178 g/mol. The van der Waals surface area contributed by atoms with E-state index in [2.05, 4.69) is 31.2 Å². The molecule has 0 aromatic rings. The summed E-state index contributed by atoms with van der Waals surface area (Å²) in [4.78, 5) is 0. The number of hydrogen-bond acceptors (Lipinski definition) is 3. The van der Waals surface area contributed by atoms with E-state index in [1.165, 1.54) is 0 Å². The van der Waals surface area contributed by atoms with Crippen LogP contribution in [0.25, 0.3) is 0 Å². The van der Waals surface area contributed by atoms with Crippen LogP contribution in [-0.2, 0) is 0 Å². The molecule has 0 aliphatic heterocycles. The topological polar surface area (TPSA) is 70.6 Å². The number of rotatable bonds is 6. The van der Waals surface area contributed by atoms with Crippen molar-refractivity contribution in [3.05, 3.63) is 0 Å². The van der Waals surface area contributed by atoms with Gasteiger partial charge in [0.1, 0.15) is 5.84 Å². The second-order valence-electron chi connectivity index (χ2n) is 4.36. The van der Waals surface area contributed by atoms with Crippen LogP contribution in [0.5, 0.6) is 0 Å². The molecule has 0 amide bonds. The van der Waals surface area contributed by atoms with Gasteiger partial charge in [-0.1, -0.05) is 25.9 Å². The number of nitrogens with two attached hydrogens (primary N) is 1. The first-order valence-corrected chi connectivity index (χ1v) is 5.18. The second kappa shape index (κ2) is 6.65. The highest BCUT2D eigenvalue weighted by Crippen LogP contribution is 2.04. The molecule has 0 aromatic carbocycles. The maximum atomic E-state index is 8.45. The molecule has 0 radical (unpaired) electrons. The first-order valence-electron chi connectivity index (χ1n) is 5.18. The molecule has 2 atom stereocenters. The fraction of sp³-hybridized carbons (Fsp3) is 0.900. The molecule has 0 spiro atoms. The highest BCUT2D eigenvalue weighted by atomic mass is 16.4. The molecule has 0 aromatic heterocycles. The monoisotopic (exact) mass is 201 g/mol. The standard InChI is InChI=1S/C10H23N3O/c1-7(2)5-9(4)12-6-8(3)10(11)13-14/h7-9,12,14H,5-6H2,1-4H3,(H2,11,13). The molecule has 4 nitrogen and oxygen atoms in total. The minimum atomic E-state index is 0.0783. The molecule has 0 aliphatic rings. The Labute approximate surface area is 86.6 Å². The normalized spacial score (nSPS) is 17.1. The number of hydrogen-bond donors (Lipinski definition) is 3. The van der Waals surface area contributed by atoms with E-state index in [0.717, 1.165) is 13.0 Å². The van der Waals surface area contributed by atoms with E-state index in [0.29, 0.717) is 12.0 Å². The Morgan fingerprint density at radius 1 is 1.36 bits per heavy atom. The quantitative estimate of drug-likeness (QED) is 0.263. The van der Waals surface area contributed by atoms with E-state index >= 15 is 0 Å². The van der Waals surface area contributed by atoms with Crippen molar-refractivity contribution in [2.45, 2.75) is 40.2 Å². The van der Waals surface area contributed by atoms with Crippen molar-refractivity contribution in [2.75, 3.05) is 6.54 Å². The van der Waals surface area contributed by atoms with Crippen molar-refractivity contribution in [1.29, 1.82) is 0 Å². The Morgan fingerprint density at radius 2 is 1.93 bits per heavy atom. The van der Waals surface area contributed by atoms with Crippen LogP contribution in [0.15, 0.2) is 5.16 Å². The third-order valence-corrected chi connectivity index (χ3v) is 2.22. The van der Waals surface area contributed by atoms with Gasteiger partial charge >= 0.3 is 0 Å². The zero-order valence-corrected chi connectivity index (χ0v) is 9.62. The zero-order valence-electron chi connectivity index (χ0n) is 9.62. The van der Waals surface area contributed by atoms with Crippen molar-refractivity contribution in [2.24, 2.45) is 22.7 Å². The van der Waals surface area contributed by atoms with E-state index in [1.54, 1.807) is 0 Å². The minimum Gasteiger partial charge on any atom is -0.409 e. The predicted molar refractivity (Wildman–Crippen MR) is 59.5 cm³/mol. The summed E-state index contributed by atoms with van der Waals surface area (Å²) in [6.07, 6.45) is 1.14. The fourth-order valence-corrected chi connectivity index (χ4v) is 1.37. The maximum absolute atomic E-state index is 8.45. The van der Waals surface area contributed by atoms with Gasteiger partial charge in [-0.15, -0.1) is 0 Å². The van der Waals surface area contributed by atoms with Gasteiger partial charge in [0, 0.05) is 18.5 Å². The average Bonchev–Trinajstić information content (AvgIpc) is 2.11. The first kappa shape index (κ1) is 13.2. The Hall–Kier alpha value is -0.770. The highest BCUT2D eigenvalue weighted by Gasteiger charge is 2.10. The molecule has 0 fully saturated rings. The Bertz CT molecular complexity index is 180. The molecule has 0 heterocycles. The SMILES string of the molecule is CC(C)CC(C)NCC(C)C(N)=NO. The van der Waals surface area contributed by atoms with Crippen molar-refractivity contribution < 1.29 is 5.21 Å². The van der Waals surface area contributed by atoms with Crippen molar-refractivity contribution in [1.82, 2.24) is 5.32 Å². The molecule has 84 valence electrons. The molecule has 0 saturated heterocycles. The van der Waals surface area contributed by atoms with Gasteiger partial charge in [-0.05, 0) is 19.3 Å². The number of nitrogens with one attached hydrogen (secondary N) is 1. The average molecular weight is 201 g/mol. The van der Waals surface area contributed by atoms with Crippen LogP contribution in [0.3, 0.4) is 0 Å². The smallest absolute Gasteiger partial charge is 0.143 e. The molecule has 4 heteroatoms. The van der Waals surface area contributed by atoms with E-state index < -0.39 is 0 Å². The number of nitrogens with zero attached hydrogens (tertiary/aromatic N) is 1. The molecule has 0 saturated carbocycles. The highest BCUT2D eigenvalue weighted by molar-refractivity contribution is 5.82. The van der Waals surface area contributed by atoms with Crippen LogP contribution in [0.1, 0.15) is 34.1 Å². The van der Waals surface area contributed by atoms with Gasteiger partial charge in [0.15, 0.2) is 0 Å². The molecule has 0 aliphatic carbocycles. The lowest BCUT2D eigenvalue weighted by atomic mass is 10.0. The van der Waals surface area contributed by atoms with Gasteiger partial charge in [0.2, 0.25) is 0 Å². The molecule has 4 N–H and O–H groups in total. The summed E-state index contributed by atoms with van der Waals surface area (Å²) in [7, 11) is 0. The van der Waals surface area contributed by atoms with Crippen molar-refractivity contribution in [3.63, 3.8) is 0 Å². The van der Waals surface area contributed by atoms with Gasteiger partial charge in [-0.2, -0.15) is 0 Å². The third kappa shape index (κ3) is 5.80. The summed E-state index contributed by atoms with van der Waals surface area (Å²) in [5.74, 6) is 1.06. The van der Waals surface area contributed by atoms with Crippen LogP contribution in [0.4, 0.5) is 0 Å². The summed E-state index contributed by atoms with van der Waals surface area (Å²) in [5, 5.41) is 14.8. The van der Waals surface area contributed by atoms with Gasteiger partial charge in [0.05, 0.1) is 0 Å². The van der Waals surface area contributed by atoms with Crippen LogP contribution < -0.4 is 11.1 Å². The number of amidine groups is 1. The maximum Gasteiger partial charge on any atom is 0.143 e. The van der Waals surface area contributed by atoms with Gasteiger partial charge < -0.3 is 16.3 Å². The molecule has 14 heavy (non-hydrogen) atoms. The summed E-state index contributed by atoms with van der Waals surface area (Å²) in [6.45, 7) is 9.24. The van der Waals surface area contributed by atoms with E-state index in [9.17, 15) is 0 Å². The Balaban J connectivity index is 3.71. The minimum absolute atomic E-state index is 0.0783. The molecule has 2 unspecified atom stereocenters. The summed E-state index contributed by atoms with van der Waals surface area (Å²) >= 11 is 0. The van der Waals surface area contributed by atoms with Crippen molar-refractivity contribution >= 4 is 5.84 Å². The lowest BCUT2D eigenvalue weighted by Gasteiger charge is -2.18. The van der Waals surface area contributed by atoms with Crippen LogP contribution in [0, 0.1) is 11.8 Å². The third-order valence-electron chi connectivity index (χ3n) is 2.22. The van der Waals surface area contributed by atoms with E-state index in [-0.39, 0.29) is 11.8 Å². The van der Waals surface area contributed by atoms with Gasteiger partial charge in [0.25, 0.3) is 0 Å².